The van der Waals surface area contributed by atoms with Gasteiger partial charge in [-0.15, -0.1) is 11.3 Å². The molecule has 0 fully saturated rings. The van der Waals surface area contributed by atoms with Crippen LogP contribution >= 0.6 is 23.1 Å². The Balaban J connectivity index is 1.53. The third-order valence-corrected chi connectivity index (χ3v) is 4.84. The molecule has 0 saturated heterocycles. The van der Waals surface area contributed by atoms with Crippen molar-refractivity contribution < 1.29 is 9.13 Å². The molecule has 7 heteroatoms. The number of nitriles is 1. The Morgan fingerprint density at radius 2 is 2.08 bits per heavy atom. The van der Waals surface area contributed by atoms with E-state index in [4.69, 9.17) is 10.00 Å². The highest BCUT2D eigenvalue weighted by Crippen LogP contribution is 2.23. The normalized spacial score (nSPS) is 10.3. The van der Waals surface area contributed by atoms with Gasteiger partial charge >= 0.3 is 0 Å². The predicted octanol–water partition coefficient (Wildman–Crippen LogP) is 4.42. The third-order valence-electron chi connectivity index (χ3n) is 3.01. The molecule has 4 nitrogen and oxygen atoms in total. The van der Waals surface area contributed by atoms with Crippen molar-refractivity contribution in [1.29, 1.82) is 5.26 Å². The summed E-state index contributed by atoms with van der Waals surface area (Å²) in [6.45, 7) is 0.350. The predicted molar refractivity (Wildman–Crippen MR) is 91.4 cm³/mol. The van der Waals surface area contributed by atoms with Gasteiger partial charge in [-0.3, -0.25) is 0 Å². The van der Waals surface area contributed by atoms with Gasteiger partial charge in [0.15, 0.2) is 0 Å². The molecule has 3 rings (SSSR count). The van der Waals surface area contributed by atoms with Gasteiger partial charge in [0.25, 0.3) is 0 Å². The van der Waals surface area contributed by atoms with Crippen LogP contribution in [0.1, 0.15) is 16.3 Å². The Morgan fingerprint density at radius 1 is 1.25 bits per heavy atom. The number of aromatic nitrogens is 2. The summed E-state index contributed by atoms with van der Waals surface area (Å²) in [5, 5.41) is 12.5. The van der Waals surface area contributed by atoms with Crippen LogP contribution in [0.5, 0.6) is 5.75 Å². The zero-order valence-electron chi connectivity index (χ0n) is 12.5. The van der Waals surface area contributed by atoms with Crippen LogP contribution < -0.4 is 4.74 Å². The van der Waals surface area contributed by atoms with E-state index in [-0.39, 0.29) is 5.82 Å². The van der Waals surface area contributed by atoms with Gasteiger partial charge in [-0.2, -0.15) is 5.26 Å². The van der Waals surface area contributed by atoms with Crippen LogP contribution in [0.3, 0.4) is 0 Å². The largest absolute Gasteiger partial charge is 0.486 e. The molecule has 2 heterocycles. The van der Waals surface area contributed by atoms with Gasteiger partial charge in [-0.1, -0.05) is 11.8 Å². The maximum absolute atomic E-state index is 12.8. The molecule has 3 aromatic rings. The number of rotatable bonds is 6. The number of ether oxygens (including phenoxy) is 1. The molecule has 0 aliphatic carbocycles. The first-order chi connectivity index (χ1) is 11.7. The van der Waals surface area contributed by atoms with E-state index in [1.807, 2.05) is 5.38 Å². The minimum atomic E-state index is -0.287. The summed E-state index contributed by atoms with van der Waals surface area (Å²) in [6, 6.07) is 11.4. The van der Waals surface area contributed by atoms with Gasteiger partial charge in [-0.05, 0) is 36.4 Å². The van der Waals surface area contributed by atoms with Crippen LogP contribution in [0.15, 0.2) is 53.0 Å². The molecule has 0 unspecified atom stereocenters. The average molecular weight is 357 g/mol. The maximum Gasteiger partial charge on any atom is 0.140 e. The summed E-state index contributed by atoms with van der Waals surface area (Å²) in [4.78, 5) is 8.73. The summed E-state index contributed by atoms with van der Waals surface area (Å²) in [5.74, 6) is 1.000. The minimum Gasteiger partial charge on any atom is -0.486 e. The molecule has 24 heavy (non-hydrogen) atoms. The number of benzene rings is 1. The van der Waals surface area contributed by atoms with E-state index >= 15 is 0 Å². The van der Waals surface area contributed by atoms with Gasteiger partial charge < -0.3 is 4.74 Å². The van der Waals surface area contributed by atoms with Crippen LogP contribution in [-0.4, -0.2) is 9.97 Å². The van der Waals surface area contributed by atoms with Gasteiger partial charge in [-0.25, -0.2) is 14.4 Å². The van der Waals surface area contributed by atoms with Crippen molar-refractivity contribution >= 4 is 23.1 Å². The molecular formula is C17H12FN3OS2. The lowest BCUT2D eigenvalue weighted by Crippen LogP contribution is -1.95. The van der Waals surface area contributed by atoms with Crippen molar-refractivity contribution in [2.75, 3.05) is 0 Å². The average Bonchev–Trinajstić information content (AvgIpc) is 3.08. The van der Waals surface area contributed by atoms with Gasteiger partial charge in [0, 0.05) is 17.3 Å². The second-order valence-corrected chi connectivity index (χ2v) is 6.70. The number of thiazole rings is 1. The molecule has 0 aliphatic rings. The molecule has 0 bridgehead atoms. The second-order valence-electron chi connectivity index (χ2n) is 4.76. The Hall–Kier alpha value is -2.43. The van der Waals surface area contributed by atoms with Crippen LogP contribution in [-0.2, 0) is 12.4 Å². The second kappa shape index (κ2) is 7.90. The van der Waals surface area contributed by atoms with E-state index in [0.29, 0.717) is 23.7 Å². The van der Waals surface area contributed by atoms with Crippen molar-refractivity contribution in [3.63, 3.8) is 0 Å². The molecule has 0 N–H and O–H groups in total. The lowest BCUT2D eigenvalue weighted by atomic mass is 10.3. The van der Waals surface area contributed by atoms with Crippen LogP contribution in [0.25, 0.3) is 0 Å². The Morgan fingerprint density at radius 3 is 2.88 bits per heavy atom. The molecule has 0 amide bonds. The molecule has 0 saturated carbocycles. The summed E-state index contributed by atoms with van der Waals surface area (Å²) in [6.07, 6.45) is 1.63. The van der Waals surface area contributed by atoms with E-state index in [9.17, 15) is 4.39 Å². The fourth-order valence-electron chi connectivity index (χ4n) is 1.86. The highest BCUT2D eigenvalue weighted by molar-refractivity contribution is 7.98. The van der Waals surface area contributed by atoms with E-state index in [0.717, 1.165) is 15.7 Å². The van der Waals surface area contributed by atoms with Crippen LogP contribution in [0.4, 0.5) is 4.39 Å². The smallest absolute Gasteiger partial charge is 0.140 e. The monoisotopic (exact) mass is 357 g/mol. The van der Waals surface area contributed by atoms with Crippen LogP contribution in [0, 0.1) is 17.1 Å². The molecule has 120 valence electrons. The zero-order chi connectivity index (χ0) is 16.8. The van der Waals surface area contributed by atoms with E-state index in [1.165, 1.54) is 35.2 Å². The minimum absolute atomic E-state index is 0.287. The molecule has 2 aromatic heterocycles. The molecule has 1 aromatic carbocycles. The van der Waals surface area contributed by atoms with Gasteiger partial charge in [0.2, 0.25) is 0 Å². The summed E-state index contributed by atoms with van der Waals surface area (Å²) < 4.78 is 18.4. The van der Waals surface area contributed by atoms with E-state index < -0.39 is 0 Å². The summed E-state index contributed by atoms with van der Waals surface area (Å²) in [7, 11) is 0. The highest BCUT2D eigenvalue weighted by atomic mass is 32.2. The van der Waals surface area contributed by atoms with Gasteiger partial charge in [0.1, 0.15) is 23.2 Å². The summed E-state index contributed by atoms with van der Waals surface area (Å²) in [5.41, 5.74) is 1.53. The lowest BCUT2D eigenvalue weighted by molar-refractivity contribution is 0.305. The third kappa shape index (κ3) is 4.54. The first-order valence-electron chi connectivity index (χ1n) is 7.03. The molecule has 0 spiro atoms. The van der Waals surface area contributed by atoms with E-state index in [1.54, 1.807) is 30.5 Å². The topological polar surface area (TPSA) is 58.8 Å². The van der Waals surface area contributed by atoms with Crippen molar-refractivity contribution in [3.8, 4) is 11.8 Å². The van der Waals surface area contributed by atoms with Crippen molar-refractivity contribution in [1.82, 2.24) is 9.97 Å². The van der Waals surface area contributed by atoms with Crippen molar-refractivity contribution in [2.24, 2.45) is 0 Å². The quantitative estimate of drug-likeness (QED) is 0.611. The fraction of sp³-hybridized carbons (Fsp3) is 0.118. The highest BCUT2D eigenvalue weighted by Gasteiger charge is 2.05. The van der Waals surface area contributed by atoms with Crippen LogP contribution in [0.2, 0.25) is 0 Å². The first kappa shape index (κ1) is 16.4. The van der Waals surface area contributed by atoms with Crippen molar-refractivity contribution in [2.45, 2.75) is 17.4 Å². The first-order valence-corrected chi connectivity index (χ1v) is 8.90. The van der Waals surface area contributed by atoms with Crippen molar-refractivity contribution in [3.05, 3.63) is 70.1 Å². The fourth-order valence-corrected chi connectivity index (χ4v) is 3.46. The van der Waals surface area contributed by atoms with E-state index in [2.05, 4.69) is 16.0 Å². The molecule has 0 aliphatic heterocycles. The lowest BCUT2D eigenvalue weighted by Gasteiger charge is -2.03. The Labute approximate surface area is 147 Å². The molecular weight excluding hydrogens is 345 g/mol. The zero-order valence-corrected chi connectivity index (χ0v) is 14.1. The number of hydrogen-bond acceptors (Lipinski definition) is 6. The maximum atomic E-state index is 12.8. The molecule has 0 atom stereocenters. The number of halogens is 1. The number of hydrogen-bond donors (Lipinski definition) is 0. The molecule has 0 radical (unpaired) electrons. The van der Waals surface area contributed by atoms with Gasteiger partial charge in [0.05, 0.1) is 22.4 Å². The SMILES string of the molecule is N#Cc1ccnc(SCc2csc(COc3ccc(F)cc3)n2)c1. The Bertz CT molecular complexity index is 859. The number of pyridine rings is 1. The summed E-state index contributed by atoms with van der Waals surface area (Å²) >= 11 is 3.05. The number of thioether (sulfide) groups is 1. The number of nitrogens with zero attached hydrogens (tertiary/aromatic N) is 3. The Kier molecular flexibility index (Phi) is 5.41. The standard InChI is InChI=1S/C17H12FN3OS2/c18-13-1-3-15(4-2-13)22-9-17-21-14(11-24-17)10-23-16-7-12(8-19)5-6-20-16/h1-7,11H,9-10H2.